The molecule has 92 valence electrons. The van der Waals surface area contributed by atoms with Gasteiger partial charge in [0.2, 0.25) is 0 Å². The molecule has 2 bridgehead atoms. The number of rotatable bonds is 1. The molecule has 1 aromatic carbocycles. The Balaban J connectivity index is 2.09. The summed E-state index contributed by atoms with van der Waals surface area (Å²) in [5.41, 5.74) is 3.63. The van der Waals surface area contributed by atoms with Crippen molar-refractivity contribution in [3.63, 3.8) is 0 Å². The van der Waals surface area contributed by atoms with Gasteiger partial charge in [-0.05, 0) is 48.4 Å². The van der Waals surface area contributed by atoms with Gasteiger partial charge in [0.1, 0.15) is 0 Å². The molecule has 0 saturated carbocycles. The van der Waals surface area contributed by atoms with Gasteiger partial charge < -0.3 is 4.90 Å². The minimum Gasteiger partial charge on any atom is -0.300 e. The highest BCUT2D eigenvalue weighted by molar-refractivity contribution is 5.39. The number of likely N-dealkylation sites (tertiary alicyclic amines) is 1. The zero-order valence-corrected chi connectivity index (χ0v) is 11.2. The molecule has 1 nitrogen and oxygen atoms in total. The SMILES string of the molecule is CCN1CCC2(C)c3ccccc3CC1C2C. The molecule has 1 heteroatoms. The fourth-order valence-electron chi connectivity index (χ4n) is 4.07. The molecule has 1 aromatic rings. The first-order valence-electron chi connectivity index (χ1n) is 6.99. The summed E-state index contributed by atoms with van der Waals surface area (Å²) in [6.07, 6.45) is 2.57. The second-order valence-electron chi connectivity index (χ2n) is 6.01. The van der Waals surface area contributed by atoms with E-state index in [9.17, 15) is 0 Å². The van der Waals surface area contributed by atoms with Crippen LogP contribution in [0.15, 0.2) is 24.3 Å². The quantitative estimate of drug-likeness (QED) is 0.714. The Labute approximate surface area is 105 Å². The smallest absolute Gasteiger partial charge is 0.0170 e. The Morgan fingerprint density at radius 3 is 2.88 bits per heavy atom. The summed E-state index contributed by atoms with van der Waals surface area (Å²) in [6, 6.07) is 9.87. The molecule has 1 aliphatic carbocycles. The predicted molar refractivity (Wildman–Crippen MR) is 72.3 cm³/mol. The summed E-state index contributed by atoms with van der Waals surface area (Å²) in [5.74, 6) is 0.783. The van der Waals surface area contributed by atoms with Crippen LogP contribution in [0.25, 0.3) is 0 Å². The van der Waals surface area contributed by atoms with Crippen LogP contribution in [0.5, 0.6) is 0 Å². The van der Waals surface area contributed by atoms with Gasteiger partial charge in [0.05, 0.1) is 0 Å². The van der Waals surface area contributed by atoms with Crippen molar-refractivity contribution >= 4 is 0 Å². The number of piperidine rings is 1. The van der Waals surface area contributed by atoms with E-state index in [1.165, 1.54) is 25.9 Å². The van der Waals surface area contributed by atoms with E-state index in [-0.39, 0.29) is 0 Å². The normalized spacial score (nSPS) is 36.6. The topological polar surface area (TPSA) is 3.24 Å². The zero-order valence-electron chi connectivity index (χ0n) is 11.2. The molecule has 0 aromatic heterocycles. The molecular formula is C16H23N. The lowest BCUT2D eigenvalue weighted by Crippen LogP contribution is -2.57. The molecule has 3 rings (SSSR count). The van der Waals surface area contributed by atoms with Gasteiger partial charge >= 0.3 is 0 Å². The summed E-state index contributed by atoms with van der Waals surface area (Å²) >= 11 is 0. The van der Waals surface area contributed by atoms with E-state index >= 15 is 0 Å². The first-order chi connectivity index (χ1) is 8.16. The van der Waals surface area contributed by atoms with Crippen molar-refractivity contribution in [3.8, 4) is 0 Å². The van der Waals surface area contributed by atoms with Gasteiger partial charge in [0, 0.05) is 6.04 Å². The maximum atomic E-state index is 2.68. The van der Waals surface area contributed by atoms with E-state index in [2.05, 4.69) is 49.9 Å². The summed E-state index contributed by atoms with van der Waals surface area (Å²) in [4.78, 5) is 2.68. The van der Waals surface area contributed by atoms with Crippen LogP contribution in [0, 0.1) is 5.92 Å². The average molecular weight is 229 g/mol. The van der Waals surface area contributed by atoms with Crippen LogP contribution in [0.2, 0.25) is 0 Å². The highest BCUT2D eigenvalue weighted by Gasteiger charge is 2.47. The Bertz CT molecular complexity index is 425. The number of nitrogens with zero attached hydrogens (tertiary/aromatic N) is 1. The molecule has 3 unspecified atom stereocenters. The summed E-state index contributed by atoms with van der Waals surface area (Å²) < 4.78 is 0. The summed E-state index contributed by atoms with van der Waals surface area (Å²) in [7, 11) is 0. The molecule has 1 fully saturated rings. The zero-order chi connectivity index (χ0) is 12.0. The van der Waals surface area contributed by atoms with Crippen LogP contribution >= 0.6 is 0 Å². The minimum absolute atomic E-state index is 0.408. The number of likely N-dealkylation sites (N-methyl/N-ethyl adjacent to an activating group) is 1. The van der Waals surface area contributed by atoms with Crippen LogP contribution in [-0.4, -0.2) is 24.0 Å². The Hall–Kier alpha value is -0.820. The second-order valence-corrected chi connectivity index (χ2v) is 6.01. The third-order valence-electron chi connectivity index (χ3n) is 5.44. The lowest BCUT2D eigenvalue weighted by molar-refractivity contribution is 0.0354. The minimum atomic E-state index is 0.408. The Morgan fingerprint density at radius 2 is 2.12 bits per heavy atom. The molecule has 1 heterocycles. The first kappa shape index (κ1) is 11.3. The highest BCUT2D eigenvalue weighted by Crippen LogP contribution is 2.48. The van der Waals surface area contributed by atoms with Gasteiger partial charge in [-0.2, -0.15) is 0 Å². The fourth-order valence-corrected chi connectivity index (χ4v) is 4.07. The summed E-state index contributed by atoms with van der Waals surface area (Å²) in [6.45, 7) is 9.72. The maximum absolute atomic E-state index is 2.68. The molecule has 17 heavy (non-hydrogen) atoms. The van der Waals surface area contributed by atoms with E-state index in [0.29, 0.717) is 5.41 Å². The van der Waals surface area contributed by atoms with Crippen LogP contribution in [0.1, 0.15) is 38.3 Å². The van der Waals surface area contributed by atoms with Crippen LogP contribution < -0.4 is 0 Å². The molecule has 0 amide bonds. The standard InChI is InChI=1S/C16H23N/c1-4-17-10-9-16(3)12(2)15(17)11-13-7-5-6-8-14(13)16/h5-8,12,15H,4,9-11H2,1-3H3. The lowest BCUT2D eigenvalue weighted by Gasteiger charge is -2.54. The van der Waals surface area contributed by atoms with E-state index in [0.717, 1.165) is 12.0 Å². The monoisotopic (exact) mass is 229 g/mol. The highest BCUT2D eigenvalue weighted by atomic mass is 15.2. The van der Waals surface area contributed by atoms with Crippen LogP contribution in [0.4, 0.5) is 0 Å². The molecule has 0 N–H and O–H groups in total. The largest absolute Gasteiger partial charge is 0.300 e. The number of fused-ring (bicyclic) bond motifs is 4. The van der Waals surface area contributed by atoms with Gasteiger partial charge in [-0.3, -0.25) is 0 Å². The van der Waals surface area contributed by atoms with Crippen molar-refractivity contribution in [1.29, 1.82) is 0 Å². The molecule has 2 aliphatic rings. The average Bonchev–Trinajstić information content (AvgIpc) is 2.34. The number of hydrogen-bond acceptors (Lipinski definition) is 1. The Kier molecular flexibility index (Phi) is 2.55. The fraction of sp³-hybridized carbons (Fsp3) is 0.625. The van der Waals surface area contributed by atoms with E-state index < -0.39 is 0 Å². The van der Waals surface area contributed by atoms with Crippen molar-refractivity contribution in [1.82, 2.24) is 4.90 Å². The van der Waals surface area contributed by atoms with E-state index in [1.807, 2.05) is 0 Å². The summed E-state index contributed by atoms with van der Waals surface area (Å²) in [5, 5.41) is 0. The number of hydrogen-bond donors (Lipinski definition) is 0. The predicted octanol–water partition coefficient (Wildman–Crippen LogP) is 3.23. The second kappa shape index (κ2) is 3.84. The van der Waals surface area contributed by atoms with Crippen molar-refractivity contribution in [2.24, 2.45) is 5.92 Å². The van der Waals surface area contributed by atoms with E-state index in [1.54, 1.807) is 11.1 Å². The molecule has 1 saturated heterocycles. The molecule has 0 spiro atoms. The first-order valence-corrected chi connectivity index (χ1v) is 6.99. The third-order valence-corrected chi connectivity index (χ3v) is 5.44. The van der Waals surface area contributed by atoms with Gasteiger partial charge in [0.25, 0.3) is 0 Å². The van der Waals surface area contributed by atoms with Crippen molar-refractivity contribution in [3.05, 3.63) is 35.4 Å². The number of benzene rings is 1. The van der Waals surface area contributed by atoms with Gasteiger partial charge in [-0.15, -0.1) is 0 Å². The van der Waals surface area contributed by atoms with Crippen molar-refractivity contribution in [2.75, 3.05) is 13.1 Å². The van der Waals surface area contributed by atoms with Gasteiger partial charge in [-0.25, -0.2) is 0 Å². The van der Waals surface area contributed by atoms with Gasteiger partial charge in [-0.1, -0.05) is 45.0 Å². The molecule has 0 radical (unpaired) electrons. The third kappa shape index (κ3) is 1.48. The van der Waals surface area contributed by atoms with Crippen molar-refractivity contribution < 1.29 is 0 Å². The Morgan fingerprint density at radius 1 is 1.35 bits per heavy atom. The maximum Gasteiger partial charge on any atom is 0.0170 e. The lowest BCUT2D eigenvalue weighted by atomic mass is 9.59. The molecule has 3 atom stereocenters. The molecule has 1 aliphatic heterocycles. The van der Waals surface area contributed by atoms with Gasteiger partial charge in [0.15, 0.2) is 0 Å². The van der Waals surface area contributed by atoms with Crippen LogP contribution in [0.3, 0.4) is 0 Å². The van der Waals surface area contributed by atoms with Crippen LogP contribution in [-0.2, 0) is 11.8 Å². The molecular weight excluding hydrogens is 206 g/mol. The van der Waals surface area contributed by atoms with E-state index in [4.69, 9.17) is 0 Å². The van der Waals surface area contributed by atoms with Crippen molar-refractivity contribution in [2.45, 2.75) is 45.1 Å².